The molecule has 0 aliphatic carbocycles. The molecule has 0 spiro atoms. The van der Waals surface area contributed by atoms with E-state index in [2.05, 4.69) is 15.1 Å². The number of rotatable bonds is 4. The summed E-state index contributed by atoms with van der Waals surface area (Å²) in [6, 6.07) is 11.6. The van der Waals surface area contributed by atoms with Crippen LogP contribution in [0.5, 0.6) is 5.75 Å². The monoisotopic (exact) mass is 323 g/mol. The van der Waals surface area contributed by atoms with Crippen molar-refractivity contribution in [3.05, 3.63) is 72.6 Å². The van der Waals surface area contributed by atoms with Crippen molar-refractivity contribution < 1.29 is 9.13 Å². The fraction of sp³-hybridized carbons (Fsp3) is 0.118. The van der Waals surface area contributed by atoms with E-state index >= 15 is 0 Å². The van der Waals surface area contributed by atoms with Gasteiger partial charge in [0.15, 0.2) is 0 Å². The minimum Gasteiger partial charge on any atom is -0.484 e. The van der Waals surface area contributed by atoms with Gasteiger partial charge in [-0.3, -0.25) is 4.57 Å². The Morgan fingerprint density at radius 1 is 1.08 bits per heavy atom. The molecule has 0 fully saturated rings. The first-order valence-electron chi connectivity index (χ1n) is 7.48. The third kappa shape index (κ3) is 2.60. The maximum atomic E-state index is 13.0. The van der Waals surface area contributed by atoms with E-state index in [4.69, 9.17) is 4.74 Å². The molecule has 1 aromatic carbocycles. The Morgan fingerprint density at radius 3 is 2.58 bits per heavy atom. The van der Waals surface area contributed by atoms with E-state index in [-0.39, 0.29) is 11.9 Å². The highest BCUT2D eigenvalue weighted by molar-refractivity contribution is 5.34. The molecule has 0 aliphatic rings. The van der Waals surface area contributed by atoms with Crippen molar-refractivity contribution in [3.63, 3.8) is 0 Å². The van der Waals surface area contributed by atoms with Crippen LogP contribution in [0.15, 0.2) is 61.1 Å². The molecular weight excluding hydrogens is 309 g/mol. The standard InChI is InChI=1S/C17H14FN5O/c1-12(24-14-6-4-13(18)5-7-14)15-8-9-19-16-20-17(21-23(15)16)22-10-2-3-11-22/h2-12H,1H3/t12-/m1/s1. The molecule has 7 heteroatoms. The lowest BCUT2D eigenvalue weighted by molar-refractivity contribution is 0.218. The Kier molecular flexibility index (Phi) is 3.45. The Bertz CT molecular complexity index is 962. The van der Waals surface area contributed by atoms with Crippen LogP contribution in [0.1, 0.15) is 18.7 Å². The lowest BCUT2D eigenvalue weighted by Gasteiger charge is -2.15. The Hall–Kier alpha value is -3.22. The van der Waals surface area contributed by atoms with E-state index in [9.17, 15) is 4.39 Å². The molecule has 0 aliphatic heterocycles. The van der Waals surface area contributed by atoms with E-state index in [1.165, 1.54) is 12.1 Å². The number of benzene rings is 1. The van der Waals surface area contributed by atoms with Gasteiger partial charge in [0, 0.05) is 18.6 Å². The highest BCUT2D eigenvalue weighted by Crippen LogP contribution is 2.22. The van der Waals surface area contributed by atoms with Crippen LogP contribution in [0.25, 0.3) is 11.7 Å². The molecular formula is C17H14FN5O. The molecule has 0 radical (unpaired) electrons. The normalized spacial score (nSPS) is 12.4. The summed E-state index contributed by atoms with van der Waals surface area (Å²) in [6.45, 7) is 1.90. The average molecular weight is 323 g/mol. The zero-order valence-corrected chi connectivity index (χ0v) is 12.9. The van der Waals surface area contributed by atoms with Crippen LogP contribution in [-0.4, -0.2) is 24.1 Å². The smallest absolute Gasteiger partial charge is 0.255 e. The van der Waals surface area contributed by atoms with Crippen LogP contribution in [0.4, 0.5) is 4.39 Å². The third-order valence-electron chi connectivity index (χ3n) is 3.64. The number of aromatic nitrogens is 5. The van der Waals surface area contributed by atoms with Crippen molar-refractivity contribution in [2.45, 2.75) is 13.0 Å². The van der Waals surface area contributed by atoms with E-state index in [0.29, 0.717) is 17.5 Å². The second-order valence-electron chi connectivity index (χ2n) is 5.30. The van der Waals surface area contributed by atoms with Crippen molar-refractivity contribution >= 4 is 5.78 Å². The Morgan fingerprint density at radius 2 is 1.83 bits per heavy atom. The summed E-state index contributed by atoms with van der Waals surface area (Å²) in [7, 11) is 0. The second-order valence-corrected chi connectivity index (χ2v) is 5.30. The summed E-state index contributed by atoms with van der Waals surface area (Å²) in [5, 5.41) is 4.50. The van der Waals surface area contributed by atoms with E-state index in [1.807, 2.05) is 42.1 Å². The lowest BCUT2D eigenvalue weighted by atomic mass is 10.2. The Balaban J connectivity index is 1.69. The molecule has 3 heterocycles. The average Bonchev–Trinajstić information content (AvgIpc) is 3.25. The first-order valence-corrected chi connectivity index (χ1v) is 7.48. The summed E-state index contributed by atoms with van der Waals surface area (Å²) < 4.78 is 22.3. The first-order chi connectivity index (χ1) is 11.7. The maximum absolute atomic E-state index is 13.0. The topological polar surface area (TPSA) is 57.2 Å². The van der Waals surface area contributed by atoms with Crippen molar-refractivity contribution in [2.75, 3.05) is 0 Å². The van der Waals surface area contributed by atoms with Gasteiger partial charge in [0.25, 0.3) is 11.7 Å². The molecule has 24 heavy (non-hydrogen) atoms. The van der Waals surface area contributed by atoms with Crippen LogP contribution < -0.4 is 4.74 Å². The molecule has 0 unspecified atom stereocenters. The zero-order valence-electron chi connectivity index (χ0n) is 12.9. The summed E-state index contributed by atoms with van der Waals surface area (Å²) in [4.78, 5) is 8.66. The predicted octanol–water partition coefficient (Wildman–Crippen LogP) is 3.19. The predicted molar refractivity (Wildman–Crippen MR) is 85.6 cm³/mol. The molecule has 0 saturated carbocycles. The molecule has 4 aromatic rings. The maximum Gasteiger partial charge on any atom is 0.255 e. The quantitative estimate of drug-likeness (QED) is 0.579. The van der Waals surface area contributed by atoms with Crippen LogP contribution >= 0.6 is 0 Å². The van der Waals surface area contributed by atoms with E-state index in [0.717, 1.165) is 5.69 Å². The van der Waals surface area contributed by atoms with Gasteiger partial charge in [-0.2, -0.15) is 9.50 Å². The van der Waals surface area contributed by atoms with Gasteiger partial charge in [-0.15, -0.1) is 5.10 Å². The van der Waals surface area contributed by atoms with Crippen LogP contribution in [0, 0.1) is 5.82 Å². The fourth-order valence-electron chi connectivity index (χ4n) is 2.46. The number of hydrogen-bond acceptors (Lipinski definition) is 4. The highest BCUT2D eigenvalue weighted by Gasteiger charge is 2.15. The van der Waals surface area contributed by atoms with E-state index in [1.54, 1.807) is 22.8 Å². The molecule has 3 aromatic heterocycles. The number of fused-ring (bicyclic) bond motifs is 1. The molecule has 0 amide bonds. The first kappa shape index (κ1) is 14.4. The third-order valence-corrected chi connectivity index (χ3v) is 3.64. The fourth-order valence-corrected chi connectivity index (χ4v) is 2.46. The highest BCUT2D eigenvalue weighted by atomic mass is 19.1. The van der Waals surface area contributed by atoms with Crippen molar-refractivity contribution in [1.82, 2.24) is 24.1 Å². The molecule has 1 atom stereocenters. The van der Waals surface area contributed by atoms with Gasteiger partial charge in [-0.25, -0.2) is 9.37 Å². The molecule has 4 rings (SSSR count). The van der Waals surface area contributed by atoms with Crippen LogP contribution in [0.3, 0.4) is 0 Å². The van der Waals surface area contributed by atoms with Gasteiger partial charge in [0.05, 0.1) is 5.69 Å². The lowest BCUT2D eigenvalue weighted by Crippen LogP contribution is -2.10. The SMILES string of the molecule is C[C@@H](Oc1ccc(F)cc1)c1ccnc2nc(-n3cccc3)nn12. The van der Waals surface area contributed by atoms with Gasteiger partial charge in [-0.1, -0.05) is 0 Å². The van der Waals surface area contributed by atoms with Crippen molar-refractivity contribution in [3.8, 4) is 11.7 Å². The second kappa shape index (κ2) is 5.77. The molecule has 6 nitrogen and oxygen atoms in total. The number of halogens is 1. The number of hydrogen-bond donors (Lipinski definition) is 0. The molecule has 120 valence electrons. The number of nitrogens with zero attached hydrogens (tertiary/aromatic N) is 5. The van der Waals surface area contributed by atoms with Crippen molar-refractivity contribution in [2.24, 2.45) is 0 Å². The van der Waals surface area contributed by atoms with Gasteiger partial charge in [-0.05, 0) is 49.4 Å². The summed E-state index contributed by atoms with van der Waals surface area (Å²) in [5.41, 5.74) is 0.801. The number of ether oxygens (including phenoxy) is 1. The Labute approximate surface area is 137 Å². The summed E-state index contributed by atoms with van der Waals surface area (Å²) >= 11 is 0. The minimum atomic E-state index is -0.305. The van der Waals surface area contributed by atoms with Crippen LogP contribution in [0.2, 0.25) is 0 Å². The van der Waals surface area contributed by atoms with Crippen LogP contribution in [-0.2, 0) is 0 Å². The summed E-state index contributed by atoms with van der Waals surface area (Å²) in [6.07, 6.45) is 5.10. The van der Waals surface area contributed by atoms with Gasteiger partial charge in [0.2, 0.25) is 0 Å². The van der Waals surface area contributed by atoms with Gasteiger partial charge >= 0.3 is 0 Å². The minimum absolute atomic E-state index is 0.297. The van der Waals surface area contributed by atoms with E-state index < -0.39 is 0 Å². The van der Waals surface area contributed by atoms with Gasteiger partial charge in [0.1, 0.15) is 17.7 Å². The molecule has 0 N–H and O–H groups in total. The summed E-state index contributed by atoms with van der Waals surface area (Å²) in [5.74, 6) is 1.31. The largest absolute Gasteiger partial charge is 0.484 e. The zero-order chi connectivity index (χ0) is 16.5. The molecule has 0 saturated heterocycles. The van der Waals surface area contributed by atoms with Gasteiger partial charge < -0.3 is 4.74 Å². The molecule has 0 bridgehead atoms. The van der Waals surface area contributed by atoms with Crippen molar-refractivity contribution in [1.29, 1.82) is 0 Å².